The first-order valence-corrected chi connectivity index (χ1v) is 10.8. The molecule has 1 unspecified atom stereocenters. The Hall–Kier alpha value is -3.18. The summed E-state index contributed by atoms with van der Waals surface area (Å²) in [7, 11) is 1.70. The van der Waals surface area contributed by atoms with E-state index in [0.717, 1.165) is 40.7 Å². The molecule has 1 spiro atoms. The summed E-state index contributed by atoms with van der Waals surface area (Å²) in [6, 6.07) is 18.0. The number of carbonyl (C=O) groups is 1. The SMILES string of the molecule is CN1C(=O)C2(N=C1N)c1cc(-c3cccc(Cl)c3)ccc1CC[C@@H]2Cc1cccnc1. The minimum atomic E-state index is -1.02. The Morgan fingerprint density at radius 1 is 1.16 bits per heavy atom. The highest BCUT2D eigenvalue weighted by atomic mass is 35.5. The van der Waals surface area contributed by atoms with Crippen LogP contribution in [0.5, 0.6) is 0 Å². The molecule has 0 bridgehead atoms. The van der Waals surface area contributed by atoms with Crippen molar-refractivity contribution in [2.24, 2.45) is 16.6 Å². The molecule has 0 radical (unpaired) electrons. The van der Waals surface area contributed by atoms with Gasteiger partial charge in [-0.25, -0.2) is 4.99 Å². The zero-order valence-corrected chi connectivity index (χ0v) is 18.0. The monoisotopic (exact) mass is 430 g/mol. The minimum absolute atomic E-state index is 0.00480. The number of benzene rings is 2. The summed E-state index contributed by atoms with van der Waals surface area (Å²) < 4.78 is 0. The molecule has 0 saturated carbocycles. The molecular weight excluding hydrogens is 408 g/mol. The highest BCUT2D eigenvalue weighted by molar-refractivity contribution is 6.30. The molecule has 1 aliphatic heterocycles. The highest BCUT2D eigenvalue weighted by Gasteiger charge is 2.55. The van der Waals surface area contributed by atoms with Gasteiger partial charge in [0.05, 0.1) is 0 Å². The molecule has 0 fully saturated rings. The number of hydrogen-bond donors (Lipinski definition) is 1. The van der Waals surface area contributed by atoms with Gasteiger partial charge in [-0.15, -0.1) is 0 Å². The van der Waals surface area contributed by atoms with Crippen LogP contribution in [0.15, 0.2) is 72.0 Å². The standard InChI is InChI=1S/C25H23ClN4O/c1-30-23(31)25(29-24(30)27)20(12-16-4-3-11-28-15-16)10-9-17-7-8-19(14-22(17)25)18-5-2-6-21(26)13-18/h2-8,11,13-15,20H,9-10,12H2,1H3,(H2,27,29)/t20-,25?/m1/s1. The van der Waals surface area contributed by atoms with Gasteiger partial charge in [0, 0.05) is 30.4 Å². The second kappa shape index (κ2) is 7.50. The normalized spacial score (nSPS) is 22.5. The van der Waals surface area contributed by atoms with E-state index in [0.29, 0.717) is 11.4 Å². The predicted molar refractivity (Wildman–Crippen MR) is 123 cm³/mol. The van der Waals surface area contributed by atoms with Crippen molar-refractivity contribution in [2.75, 3.05) is 7.05 Å². The van der Waals surface area contributed by atoms with Crippen molar-refractivity contribution in [2.45, 2.75) is 24.8 Å². The van der Waals surface area contributed by atoms with E-state index in [1.165, 1.54) is 4.90 Å². The molecule has 3 aromatic rings. The smallest absolute Gasteiger partial charge is 0.261 e. The van der Waals surface area contributed by atoms with E-state index in [-0.39, 0.29) is 17.8 Å². The molecule has 1 aliphatic carbocycles. The van der Waals surface area contributed by atoms with Crippen LogP contribution in [-0.2, 0) is 23.2 Å². The van der Waals surface area contributed by atoms with Crippen LogP contribution in [0.2, 0.25) is 5.02 Å². The summed E-state index contributed by atoms with van der Waals surface area (Å²) in [5, 5.41) is 0.679. The molecule has 2 N–H and O–H groups in total. The number of aliphatic imine (C=N–C) groups is 1. The first kappa shape index (κ1) is 19.8. The topological polar surface area (TPSA) is 71.6 Å². The van der Waals surface area contributed by atoms with Crippen LogP contribution >= 0.6 is 11.6 Å². The average molecular weight is 431 g/mol. The fraction of sp³-hybridized carbons (Fsp3) is 0.240. The molecule has 5 nitrogen and oxygen atoms in total. The number of nitrogens with two attached hydrogens (primary N) is 1. The van der Waals surface area contributed by atoms with Gasteiger partial charge >= 0.3 is 0 Å². The maximum Gasteiger partial charge on any atom is 0.261 e. The van der Waals surface area contributed by atoms with E-state index < -0.39 is 5.54 Å². The number of halogens is 1. The maximum absolute atomic E-state index is 13.7. The van der Waals surface area contributed by atoms with Crippen molar-refractivity contribution < 1.29 is 4.79 Å². The van der Waals surface area contributed by atoms with Crippen molar-refractivity contribution in [1.29, 1.82) is 0 Å². The number of aromatic nitrogens is 1. The lowest BCUT2D eigenvalue weighted by Gasteiger charge is -2.39. The minimum Gasteiger partial charge on any atom is -0.369 e. The number of rotatable bonds is 3. The summed E-state index contributed by atoms with van der Waals surface area (Å²) in [4.78, 5) is 24.2. The number of fused-ring (bicyclic) bond motifs is 2. The Balaban J connectivity index is 1.67. The number of likely N-dealkylation sites (N-methyl/N-ethyl adjacent to an activating group) is 1. The van der Waals surface area contributed by atoms with Gasteiger partial charge in [0.25, 0.3) is 5.91 Å². The van der Waals surface area contributed by atoms with Crippen molar-refractivity contribution >= 4 is 23.5 Å². The van der Waals surface area contributed by atoms with E-state index >= 15 is 0 Å². The van der Waals surface area contributed by atoms with Gasteiger partial charge in [-0.1, -0.05) is 41.9 Å². The Morgan fingerprint density at radius 2 is 2.00 bits per heavy atom. The van der Waals surface area contributed by atoms with Crippen molar-refractivity contribution in [3.8, 4) is 11.1 Å². The second-order valence-electron chi connectivity index (χ2n) is 8.28. The zero-order chi connectivity index (χ0) is 21.6. The molecule has 2 atom stereocenters. The summed E-state index contributed by atoms with van der Waals surface area (Å²) >= 11 is 6.23. The van der Waals surface area contributed by atoms with Crippen LogP contribution in [0, 0.1) is 5.92 Å². The molecule has 156 valence electrons. The Labute approximate surface area is 186 Å². The van der Waals surface area contributed by atoms with Crippen molar-refractivity contribution in [3.63, 3.8) is 0 Å². The average Bonchev–Trinajstić information content (AvgIpc) is 3.01. The molecule has 31 heavy (non-hydrogen) atoms. The fourth-order valence-electron chi connectivity index (χ4n) is 4.91. The van der Waals surface area contributed by atoms with Gasteiger partial charge in [0.2, 0.25) is 0 Å². The molecule has 1 aromatic heterocycles. The lowest BCUT2D eigenvalue weighted by atomic mass is 9.66. The van der Waals surface area contributed by atoms with Gasteiger partial charge in [0.1, 0.15) is 0 Å². The molecule has 2 heterocycles. The van der Waals surface area contributed by atoms with Gasteiger partial charge in [-0.05, 0) is 71.3 Å². The number of pyridine rings is 1. The number of nitrogens with zero attached hydrogens (tertiary/aromatic N) is 3. The van der Waals surface area contributed by atoms with Crippen LogP contribution in [0.3, 0.4) is 0 Å². The number of aryl methyl sites for hydroxylation is 1. The van der Waals surface area contributed by atoms with Crippen molar-refractivity contribution in [3.05, 3.63) is 88.7 Å². The van der Waals surface area contributed by atoms with E-state index in [4.69, 9.17) is 22.3 Å². The third kappa shape index (κ3) is 3.20. The maximum atomic E-state index is 13.7. The Bertz CT molecular complexity index is 1190. The third-order valence-electron chi connectivity index (χ3n) is 6.50. The highest BCUT2D eigenvalue weighted by Crippen LogP contribution is 2.48. The number of guanidine groups is 1. The third-order valence-corrected chi connectivity index (χ3v) is 6.74. The molecular formula is C25H23ClN4O. The quantitative estimate of drug-likeness (QED) is 0.677. The summed E-state index contributed by atoms with van der Waals surface area (Å²) in [5.74, 6) is 0.195. The van der Waals surface area contributed by atoms with E-state index in [1.807, 2.05) is 36.5 Å². The summed E-state index contributed by atoms with van der Waals surface area (Å²) in [6.45, 7) is 0. The van der Waals surface area contributed by atoms with E-state index in [9.17, 15) is 4.79 Å². The van der Waals surface area contributed by atoms with E-state index in [1.54, 1.807) is 13.2 Å². The first-order valence-electron chi connectivity index (χ1n) is 10.4. The number of amides is 1. The molecule has 2 aromatic carbocycles. The van der Waals surface area contributed by atoms with Gasteiger partial charge < -0.3 is 5.73 Å². The van der Waals surface area contributed by atoms with Gasteiger partial charge in [0.15, 0.2) is 11.5 Å². The van der Waals surface area contributed by atoms with Crippen LogP contribution < -0.4 is 5.73 Å². The van der Waals surface area contributed by atoms with Crippen molar-refractivity contribution in [1.82, 2.24) is 9.88 Å². The number of hydrogen-bond acceptors (Lipinski definition) is 4. The van der Waals surface area contributed by atoms with E-state index in [2.05, 4.69) is 29.2 Å². The molecule has 1 amide bonds. The molecule has 0 saturated heterocycles. The molecule has 5 rings (SSSR count). The van der Waals surface area contributed by atoms with Crippen LogP contribution in [0.4, 0.5) is 0 Å². The largest absolute Gasteiger partial charge is 0.369 e. The molecule has 2 aliphatic rings. The second-order valence-corrected chi connectivity index (χ2v) is 8.72. The Morgan fingerprint density at radius 3 is 2.71 bits per heavy atom. The van der Waals surface area contributed by atoms with Gasteiger partial charge in [-0.3, -0.25) is 14.7 Å². The predicted octanol–water partition coefficient (Wildman–Crippen LogP) is 4.19. The Kier molecular flexibility index (Phi) is 4.78. The summed E-state index contributed by atoms with van der Waals surface area (Å²) in [6.07, 6.45) is 6.09. The van der Waals surface area contributed by atoms with Crippen LogP contribution in [0.25, 0.3) is 11.1 Å². The lowest BCUT2D eigenvalue weighted by molar-refractivity contribution is -0.133. The number of carbonyl (C=O) groups excluding carboxylic acids is 1. The lowest BCUT2D eigenvalue weighted by Crippen LogP contribution is -2.48. The first-order chi connectivity index (χ1) is 15.0. The van der Waals surface area contributed by atoms with Crippen LogP contribution in [-0.4, -0.2) is 28.8 Å². The van der Waals surface area contributed by atoms with Gasteiger partial charge in [-0.2, -0.15) is 0 Å². The zero-order valence-electron chi connectivity index (χ0n) is 17.3. The molecule has 6 heteroatoms. The summed E-state index contributed by atoms with van der Waals surface area (Å²) in [5.41, 5.74) is 10.4. The van der Waals surface area contributed by atoms with Crippen LogP contribution in [0.1, 0.15) is 23.1 Å². The fourth-order valence-corrected chi connectivity index (χ4v) is 5.10.